The number of carbonyl (C=O) groups excluding carboxylic acids is 1. The molecule has 15 heavy (non-hydrogen) atoms. The van der Waals surface area contributed by atoms with Gasteiger partial charge >= 0.3 is 0 Å². The molecule has 1 aromatic heterocycles. The van der Waals surface area contributed by atoms with Crippen LogP contribution in [0.1, 0.15) is 35.9 Å². The quantitative estimate of drug-likeness (QED) is 0.628. The number of hydrogen-bond donors (Lipinski definition) is 3. The van der Waals surface area contributed by atoms with E-state index in [-0.39, 0.29) is 17.5 Å². The molecule has 0 bridgehead atoms. The highest BCUT2D eigenvalue weighted by Crippen LogP contribution is 2.21. The van der Waals surface area contributed by atoms with E-state index < -0.39 is 0 Å². The zero-order valence-corrected chi connectivity index (χ0v) is 9.46. The summed E-state index contributed by atoms with van der Waals surface area (Å²) < 4.78 is 0. The molecular formula is C9H17N5O. The minimum absolute atomic E-state index is 0.221. The molecule has 84 valence electrons. The number of H-pyrrole nitrogens is 1. The van der Waals surface area contributed by atoms with E-state index in [1.807, 2.05) is 13.8 Å². The Morgan fingerprint density at radius 1 is 1.53 bits per heavy atom. The molecule has 6 heteroatoms. The Labute approximate surface area is 88.8 Å². The van der Waals surface area contributed by atoms with Gasteiger partial charge in [-0.15, -0.1) is 0 Å². The molecule has 1 rings (SSSR count). The molecule has 6 nitrogen and oxygen atoms in total. The monoisotopic (exact) mass is 211 g/mol. The van der Waals surface area contributed by atoms with Crippen molar-refractivity contribution in [1.29, 1.82) is 0 Å². The third-order valence-electron chi connectivity index (χ3n) is 1.95. The zero-order chi connectivity index (χ0) is 11.6. The van der Waals surface area contributed by atoms with E-state index in [0.29, 0.717) is 5.69 Å². The number of aromatic nitrogens is 2. The maximum Gasteiger partial charge on any atom is 0.288 e. The summed E-state index contributed by atoms with van der Waals surface area (Å²) >= 11 is 0. The number of nitrogen functional groups attached to an aromatic ring is 1. The molecule has 0 saturated heterocycles. The third kappa shape index (κ3) is 2.47. The number of nitrogens with one attached hydrogen (secondary N) is 2. The Morgan fingerprint density at radius 2 is 2.13 bits per heavy atom. The Balaban J connectivity index is 2.91. The Kier molecular flexibility index (Phi) is 3.31. The lowest BCUT2D eigenvalue weighted by Crippen LogP contribution is -2.36. The normalized spacial score (nSPS) is 11.1. The van der Waals surface area contributed by atoms with Gasteiger partial charge in [-0.3, -0.25) is 15.3 Å². The number of amides is 1. The van der Waals surface area contributed by atoms with Gasteiger partial charge in [0.05, 0.1) is 11.4 Å². The van der Waals surface area contributed by atoms with Crippen LogP contribution in [0, 0.1) is 0 Å². The molecule has 0 aliphatic carbocycles. The molecule has 0 unspecified atom stereocenters. The van der Waals surface area contributed by atoms with Gasteiger partial charge in [0, 0.05) is 14.1 Å². The standard InChI is InChI=1S/C9H17N5O/c1-5(2)7-6(10)8(12-11-7)9(15)13-14(3)4/h5H,10H2,1-4H3,(H,11,12)(H,13,15). The molecule has 1 heterocycles. The number of hydrazine groups is 1. The van der Waals surface area contributed by atoms with Crippen molar-refractivity contribution in [3.8, 4) is 0 Å². The Hall–Kier alpha value is -1.56. The van der Waals surface area contributed by atoms with Crippen molar-refractivity contribution in [2.24, 2.45) is 0 Å². The van der Waals surface area contributed by atoms with Gasteiger partial charge in [-0.25, -0.2) is 5.01 Å². The van der Waals surface area contributed by atoms with E-state index in [1.165, 1.54) is 0 Å². The maximum atomic E-state index is 11.6. The first-order chi connectivity index (χ1) is 6.93. The largest absolute Gasteiger partial charge is 0.395 e. The average Bonchev–Trinajstić information content (AvgIpc) is 2.45. The van der Waals surface area contributed by atoms with Crippen LogP contribution in [0.5, 0.6) is 0 Å². The number of hydrogen-bond acceptors (Lipinski definition) is 4. The number of rotatable bonds is 3. The van der Waals surface area contributed by atoms with Crippen LogP contribution < -0.4 is 11.2 Å². The van der Waals surface area contributed by atoms with Crippen molar-refractivity contribution in [1.82, 2.24) is 20.6 Å². The van der Waals surface area contributed by atoms with E-state index >= 15 is 0 Å². The molecule has 0 fully saturated rings. The fourth-order valence-corrected chi connectivity index (χ4v) is 1.23. The van der Waals surface area contributed by atoms with E-state index in [4.69, 9.17) is 5.73 Å². The van der Waals surface area contributed by atoms with E-state index in [1.54, 1.807) is 19.1 Å². The Bertz CT molecular complexity index is 355. The van der Waals surface area contributed by atoms with Crippen LogP contribution >= 0.6 is 0 Å². The van der Waals surface area contributed by atoms with Crippen molar-refractivity contribution in [2.75, 3.05) is 19.8 Å². The second-order valence-electron chi connectivity index (χ2n) is 3.89. The second kappa shape index (κ2) is 4.31. The summed E-state index contributed by atoms with van der Waals surface area (Å²) in [6.07, 6.45) is 0. The van der Waals surface area contributed by atoms with Crippen molar-refractivity contribution in [2.45, 2.75) is 19.8 Å². The fourth-order valence-electron chi connectivity index (χ4n) is 1.23. The van der Waals surface area contributed by atoms with Crippen LogP contribution in [0.4, 0.5) is 5.69 Å². The summed E-state index contributed by atoms with van der Waals surface area (Å²) in [5.41, 5.74) is 9.85. The molecule has 0 spiro atoms. The topological polar surface area (TPSA) is 87.0 Å². The van der Waals surface area contributed by atoms with Crippen molar-refractivity contribution < 1.29 is 4.79 Å². The number of carbonyl (C=O) groups is 1. The summed E-state index contributed by atoms with van der Waals surface area (Å²) in [6, 6.07) is 0. The minimum atomic E-state index is -0.305. The average molecular weight is 211 g/mol. The van der Waals surface area contributed by atoms with Gasteiger partial charge in [0.2, 0.25) is 0 Å². The zero-order valence-electron chi connectivity index (χ0n) is 9.46. The SMILES string of the molecule is CC(C)c1[nH]nc(C(=O)NN(C)C)c1N. The van der Waals surface area contributed by atoms with E-state index in [2.05, 4.69) is 15.6 Å². The highest BCUT2D eigenvalue weighted by Gasteiger charge is 2.18. The summed E-state index contributed by atoms with van der Waals surface area (Å²) in [7, 11) is 3.45. The lowest BCUT2D eigenvalue weighted by atomic mass is 10.1. The van der Waals surface area contributed by atoms with Gasteiger partial charge in [-0.2, -0.15) is 5.10 Å². The lowest BCUT2D eigenvalue weighted by Gasteiger charge is -2.10. The first-order valence-electron chi connectivity index (χ1n) is 4.75. The molecule has 1 aromatic rings. The van der Waals surface area contributed by atoms with Gasteiger partial charge in [0.25, 0.3) is 5.91 Å². The molecule has 0 saturated carbocycles. The van der Waals surface area contributed by atoms with Crippen LogP contribution in [-0.4, -0.2) is 35.2 Å². The molecule has 1 amide bonds. The minimum Gasteiger partial charge on any atom is -0.395 e. The fraction of sp³-hybridized carbons (Fsp3) is 0.556. The lowest BCUT2D eigenvalue weighted by molar-refractivity contribution is 0.0852. The van der Waals surface area contributed by atoms with Crippen molar-refractivity contribution in [3.63, 3.8) is 0 Å². The Morgan fingerprint density at radius 3 is 2.53 bits per heavy atom. The van der Waals surface area contributed by atoms with Crippen LogP contribution in [0.2, 0.25) is 0 Å². The summed E-state index contributed by atoms with van der Waals surface area (Å²) in [4.78, 5) is 11.6. The van der Waals surface area contributed by atoms with Gasteiger partial charge in [-0.1, -0.05) is 13.8 Å². The first-order valence-corrected chi connectivity index (χ1v) is 4.75. The van der Waals surface area contributed by atoms with Crippen molar-refractivity contribution >= 4 is 11.6 Å². The predicted octanol–water partition coefficient (Wildman–Crippen LogP) is 0.322. The van der Waals surface area contributed by atoms with E-state index in [9.17, 15) is 4.79 Å². The second-order valence-corrected chi connectivity index (χ2v) is 3.89. The van der Waals surface area contributed by atoms with E-state index in [0.717, 1.165) is 5.69 Å². The molecule has 0 aliphatic rings. The highest BCUT2D eigenvalue weighted by atomic mass is 16.2. The summed E-state index contributed by atoms with van der Waals surface area (Å²) in [5.74, 6) is -0.0842. The van der Waals surface area contributed by atoms with Crippen LogP contribution in [0.15, 0.2) is 0 Å². The number of anilines is 1. The molecule has 0 aliphatic heterocycles. The first kappa shape index (κ1) is 11.5. The smallest absolute Gasteiger partial charge is 0.288 e. The summed E-state index contributed by atoms with van der Waals surface area (Å²) in [5, 5.41) is 8.22. The molecule has 0 atom stereocenters. The maximum absolute atomic E-state index is 11.6. The van der Waals surface area contributed by atoms with Gasteiger partial charge in [0.1, 0.15) is 0 Å². The predicted molar refractivity (Wildman–Crippen MR) is 58.2 cm³/mol. The highest BCUT2D eigenvalue weighted by molar-refractivity contribution is 5.97. The molecule has 4 N–H and O–H groups in total. The molecule has 0 aromatic carbocycles. The van der Waals surface area contributed by atoms with Crippen molar-refractivity contribution in [3.05, 3.63) is 11.4 Å². The van der Waals surface area contributed by atoms with Gasteiger partial charge in [0.15, 0.2) is 5.69 Å². The number of aromatic amines is 1. The van der Waals surface area contributed by atoms with Crippen LogP contribution in [-0.2, 0) is 0 Å². The number of nitrogens with two attached hydrogens (primary N) is 1. The van der Waals surface area contributed by atoms with Crippen LogP contribution in [0.25, 0.3) is 0 Å². The number of nitrogens with zero attached hydrogens (tertiary/aromatic N) is 2. The molecule has 0 radical (unpaired) electrons. The third-order valence-corrected chi connectivity index (χ3v) is 1.95. The van der Waals surface area contributed by atoms with Gasteiger partial charge < -0.3 is 5.73 Å². The summed E-state index contributed by atoms with van der Waals surface area (Å²) in [6.45, 7) is 3.97. The van der Waals surface area contributed by atoms with Crippen LogP contribution in [0.3, 0.4) is 0 Å². The molecular weight excluding hydrogens is 194 g/mol. The van der Waals surface area contributed by atoms with Gasteiger partial charge in [-0.05, 0) is 5.92 Å².